The second-order valence-electron chi connectivity index (χ2n) is 4.56. The molecule has 17 heavy (non-hydrogen) atoms. The first-order valence-corrected chi connectivity index (χ1v) is 6.39. The molecule has 0 aromatic heterocycles. The molecule has 0 radical (unpaired) electrons. The van der Waals surface area contributed by atoms with Gasteiger partial charge in [-0.05, 0) is 24.3 Å². The topological polar surface area (TPSA) is 32.3 Å². The van der Waals surface area contributed by atoms with Crippen LogP contribution in [-0.4, -0.2) is 24.0 Å². The van der Waals surface area contributed by atoms with Crippen molar-refractivity contribution in [3.63, 3.8) is 0 Å². The van der Waals surface area contributed by atoms with Crippen LogP contribution in [0.3, 0.4) is 0 Å². The Balaban J connectivity index is 1.84. The maximum absolute atomic E-state index is 11.3. The van der Waals surface area contributed by atoms with Crippen molar-refractivity contribution < 1.29 is 4.79 Å². The number of hydrazine groups is 1. The second kappa shape index (κ2) is 5.82. The van der Waals surface area contributed by atoms with Crippen LogP contribution in [-0.2, 0) is 4.79 Å². The molecule has 1 aliphatic rings. The highest BCUT2D eigenvalue weighted by atomic mass is 16.2. The molecular formula is C14H20N2O. The fourth-order valence-corrected chi connectivity index (χ4v) is 2.31. The summed E-state index contributed by atoms with van der Waals surface area (Å²) >= 11 is 0. The fourth-order valence-electron chi connectivity index (χ4n) is 2.31. The van der Waals surface area contributed by atoms with Crippen LogP contribution in [0, 0.1) is 0 Å². The molecule has 0 spiro atoms. The number of benzene rings is 1. The van der Waals surface area contributed by atoms with Gasteiger partial charge in [-0.3, -0.25) is 10.2 Å². The first kappa shape index (κ1) is 12.1. The quantitative estimate of drug-likeness (QED) is 0.867. The molecule has 1 heterocycles. The molecule has 3 nitrogen and oxygen atoms in total. The van der Waals surface area contributed by atoms with Gasteiger partial charge < -0.3 is 0 Å². The van der Waals surface area contributed by atoms with Crippen LogP contribution in [0.25, 0.3) is 0 Å². The lowest BCUT2D eigenvalue weighted by molar-refractivity contribution is -0.126. The Bertz CT molecular complexity index is 356. The molecule has 0 saturated carbocycles. The van der Waals surface area contributed by atoms with Crippen LogP contribution in [0.4, 0.5) is 0 Å². The Kier molecular flexibility index (Phi) is 4.15. The molecule has 0 aliphatic carbocycles. The number of nitrogens with one attached hydrogen (secondary N) is 1. The second-order valence-corrected chi connectivity index (χ2v) is 4.56. The molecule has 1 aliphatic heterocycles. The van der Waals surface area contributed by atoms with Crippen molar-refractivity contribution in [2.24, 2.45) is 0 Å². The summed E-state index contributed by atoms with van der Waals surface area (Å²) in [5.74, 6) is 0.758. The van der Waals surface area contributed by atoms with E-state index in [4.69, 9.17) is 0 Å². The minimum atomic E-state index is 0.114. The standard InChI is InChI=1S/C14H20N2O/c1-2-14(17)15-16-10-8-13(9-11-16)12-6-4-3-5-7-12/h3-7,13H,2,8-11H2,1H3,(H,15,17). The molecule has 0 bridgehead atoms. The Morgan fingerprint density at radius 2 is 1.94 bits per heavy atom. The number of nitrogens with zero attached hydrogens (tertiary/aromatic N) is 1. The smallest absolute Gasteiger partial charge is 0.233 e. The van der Waals surface area contributed by atoms with Gasteiger partial charge in [0.05, 0.1) is 0 Å². The van der Waals surface area contributed by atoms with Gasteiger partial charge in [-0.2, -0.15) is 0 Å². The van der Waals surface area contributed by atoms with E-state index < -0.39 is 0 Å². The maximum atomic E-state index is 11.3. The zero-order valence-corrected chi connectivity index (χ0v) is 10.4. The molecule has 1 amide bonds. The van der Waals surface area contributed by atoms with Crippen LogP contribution in [0.1, 0.15) is 37.7 Å². The number of hydrogen-bond donors (Lipinski definition) is 1. The summed E-state index contributed by atoms with van der Waals surface area (Å²) < 4.78 is 0. The molecule has 3 heteroatoms. The van der Waals surface area contributed by atoms with Crippen molar-refractivity contribution in [1.29, 1.82) is 0 Å². The minimum absolute atomic E-state index is 0.114. The fraction of sp³-hybridized carbons (Fsp3) is 0.500. The Morgan fingerprint density at radius 1 is 1.29 bits per heavy atom. The molecule has 2 rings (SSSR count). The number of amides is 1. The van der Waals surface area contributed by atoms with E-state index in [9.17, 15) is 4.79 Å². The molecule has 0 unspecified atom stereocenters. The first-order chi connectivity index (χ1) is 8.29. The third kappa shape index (κ3) is 3.30. The average Bonchev–Trinajstić information content (AvgIpc) is 2.40. The summed E-state index contributed by atoms with van der Waals surface area (Å²) in [7, 11) is 0. The van der Waals surface area contributed by atoms with Gasteiger partial charge in [0.1, 0.15) is 0 Å². The zero-order chi connectivity index (χ0) is 12.1. The van der Waals surface area contributed by atoms with Gasteiger partial charge in [-0.25, -0.2) is 5.01 Å². The van der Waals surface area contributed by atoms with Crippen LogP contribution in [0.2, 0.25) is 0 Å². The Hall–Kier alpha value is -1.35. The van der Waals surface area contributed by atoms with Crippen molar-refractivity contribution in [3.05, 3.63) is 35.9 Å². The van der Waals surface area contributed by atoms with Crippen LogP contribution in [0.15, 0.2) is 30.3 Å². The van der Waals surface area contributed by atoms with Crippen LogP contribution in [0.5, 0.6) is 0 Å². The number of rotatable bonds is 3. The largest absolute Gasteiger partial charge is 0.289 e. The summed E-state index contributed by atoms with van der Waals surface area (Å²) in [6.45, 7) is 3.78. The van der Waals surface area contributed by atoms with E-state index in [0.717, 1.165) is 25.9 Å². The van der Waals surface area contributed by atoms with E-state index >= 15 is 0 Å². The normalized spacial score (nSPS) is 17.9. The number of carbonyl (C=O) groups is 1. The van der Waals surface area contributed by atoms with Gasteiger partial charge in [0, 0.05) is 19.5 Å². The van der Waals surface area contributed by atoms with E-state index in [1.54, 1.807) is 0 Å². The monoisotopic (exact) mass is 232 g/mol. The summed E-state index contributed by atoms with van der Waals surface area (Å²) in [5.41, 5.74) is 4.36. The van der Waals surface area contributed by atoms with Gasteiger partial charge in [0.15, 0.2) is 0 Å². The van der Waals surface area contributed by atoms with E-state index in [1.165, 1.54) is 5.56 Å². The molecule has 92 valence electrons. The van der Waals surface area contributed by atoms with Crippen molar-refractivity contribution in [2.75, 3.05) is 13.1 Å². The summed E-state index contributed by atoms with van der Waals surface area (Å²) in [5, 5.41) is 2.05. The van der Waals surface area contributed by atoms with Gasteiger partial charge >= 0.3 is 0 Å². The number of piperidine rings is 1. The number of hydrogen-bond acceptors (Lipinski definition) is 2. The van der Waals surface area contributed by atoms with Crippen molar-refractivity contribution >= 4 is 5.91 Å². The van der Waals surface area contributed by atoms with E-state index in [-0.39, 0.29) is 5.91 Å². The van der Waals surface area contributed by atoms with Gasteiger partial charge in [-0.15, -0.1) is 0 Å². The van der Waals surface area contributed by atoms with E-state index in [0.29, 0.717) is 12.3 Å². The van der Waals surface area contributed by atoms with Crippen LogP contribution < -0.4 is 5.43 Å². The lowest BCUT2D eigenvalue weighted by Gasteiger charge is -2.32. The van der Waals surface area contributed by atoms with Crippen molar-refractivity contribution in [1.82, 2.24) is 10.4 Å². The minimum Gasteiger partial charge on any atom is -0.289 e. The highest BCUT2D eigenvalue weighted by Crippen LogP contribution is 2.26. The van der Waals surface area contributed by atoms with E-state index in [1.807, 2.05) is 11.9 Å². The van der Waals surface area contributed by atoms with Crippen LogP contribution >= 0.6 is 0 Å². The van der Waals surface area contributed by atoms with E-state index in [2.05, 4.69) is 35.8 Å². The SMILES string of the molecule is CCC(=O)NN1CCC(c2ccccc2)CC1. The predicted octanol–water partition coefficient (Wildman–Crippen LogP) is 2.31. The first-order valence-electron chi connectivity index (χ1n) is 6.39. The molecule has 1 saturated heterocycles. The number of carbonyl (C=O) groups excluding carboxylic acids is 1. The van der Waals surface area contributed by atoms with Gasteiger partial charge in [-0.1, -0.05) is 37.3 Å². The Morgan fingerprint density at radius 3 is 2.53 bits per heavy atom. The molecule has 1 aromatic carbocycles. The van der Waals surface area contributed by atoms with Crippen molar-refractivity contribution in [3.8, 4) is 0 Å². The molecule has 0 atom stereocenters. The highest BCUT2D eigenvalue weighted by Gasteiger charge is 2.20. The third-order valence-corrected chi connectivity index (χ3v) is 3.37. The zero-order valence-electron chi connectivity index (χ0n) is 10.4. The third-order valence-electron chi connectivity index (χ3n) is 3.37. The predicted molar refractivity (Wildman–Crippen MR) is 68.4 cm³/mol. The maximum Gasteiger partial charge on any atom is 0.233 e. The molecule has 1 fully saturated rings. The van der Waals surface area contributed by atoms with Crippen molar-refractivity contribution in [2.45, 2.75) is 32.1 Å². The summed E-state index contributed by atoms with van der Waals surface area (Å²) in [6.07, 6.45) is 2.79. The molecule has 1 N–H and O–H groups in total. The lowest BCUT2D eigenvalue weighted by Crippen LogP contribution is -2.46. The molecular weight excluding hydrogens is 212 g/mol. The Labute approximate surface area is 103 Å². The summed E-state index contributed by atoms with van der Waals surface area (Å²) in [6, 6.07) is 10.6. The van der Waals surface area contributed by atoms with Gasteiger partial charge in [0.25, 0.3) is 0 Å². The summed E-state index contributed by atoms with van der Waals surface area (Å²) in [4.78, 5) is 11.3. The lowest BCUT2D eigenvalue weighted by atomic mass is 9.90. The highest BCUT2D eigenvalue weighted by molar-refractivity contribution is 5.74. The van der Waals surface area contributed by atoms with Gasteiger partial charge in [0.2, 0.25) is 5.91 Å². The molecule has 1 aromatic rings. The average molecular weight is 232 g/mol.